The number of hydrogen-bond acceptors (Lipinski definition) is 4. The Kier molecular flexibility index (Phi) is 10.6. The minimum absolute atomic E-state index is 0.157. The van der Waals surface area contributed by atoms with Crippen molar-refractivity contribution in [3.63, 3.8) is 0 Å². The molecule has 2 aliphatic heterocycles. The van der Waals surface area contributed by atoms with Gasteiger partial charge in [0.25, 0.3) is 11.8 Å². The van der Waals surface area contributed by atoms with Crippen LogP contribution >= 0.6 is 0 Å². The summed E-state index contributed by atoms with van der Waals surface area (Å²) in [6.07, 6.45) is 9.14. The minimum atomic E-state index is -0.157. The third kappa shape index (κ3) is 7.35. The van der Waals surface area contributed by atoms with E-state index in [0.29, 0.717) is 30.0 Å². The molecule has 6 nitrogen and oxygen atoms in total. The van der Waals surface area contributed by atoms with Gasteiger partial charge < -0.3 is 4.90 Å². The molecular weight excluding hydrogens is 522 g/mol. The summed E-state index contributed by atoms with van der Waals surface area (Å²) in [4.78, 5) is 43.8. The SMILES string of the molecule is O=C(CCCCCCCCCCN1C(=O)c2ccccc2C1=O)N1CCN(C(c2ccccc2)c2ccccc2)CC1. The van der Waals surface area contributed by atoms with Crippen molar-refractivity contribution in [1.29, 1.82) is 0 Å². The molecule has 3 aromatic rings. The van der Waals surface area contributed by atoms with Gasteiger partial charge in [0, 0.05) is 39.1 Å². The third-order valence-electron chi connectivity index (χ3n) is 8.66. The van der Waals surface area contributed by atoms with E-state index >= 15 is 0 Å². The van der Waals surface area contributed by atoms with Crippen LogP contribution in [0.1, 0.15) is 95.7 Å². The number of piperazine rings is 1. The summed E-state index contributed by atoms with van der Waals surface area (Å²) in [5, 5.41) is 0. The van der Waals surface area contributed by atoms with E-state index in [1.807, 2.05) is 0 Å². The lowest BCUT2D eigenvalue weighted by atomic mass is 9.96. The quantitative estimate of drug-likeness (QED) is 0.161. The molecule has 0 N–H and O–H groups in total. The molecule has 0 saturated carbocycles. The van der Waals surface area contributed by atoms with Gasteiger partial charge in [0.15, 0.2) is 0 Å². The van der Waals surface area contributed by atoms with Gasteiger partial charge in [-0.2, -0.15) is 0 Å². The number of carbonyl (C=O) groups excluding carboxylic acids is 3. The second kappa shape index (κ2) is 14.9. The first-order chi connectivity index (χ1) is 20.6. The maximum atomic E-state index is 12.9. The monoisotopic (exact) mass is 565 g/mol. The van der Waals surface area contributed by atoms with Gasteiger partial charge in [0.2, 0.25) is 5.91 Å². The summed E-state index contributed by atoms with van der Waals surface area (Å²) < 4.78 is 0. The summed E-state index contributed by atoms with van der Waals surface area (Å²) in [5.41, 5.74) is 3.66. The largest absolute Gasteiger partial charge is 0.340 e. The fraction of sp³-hybridized carbons (Fsp3) is 0.417. The maximum absolute atomic E-state index is 12.9. The Hall–Kier alpha value is -3.77. The van der Waals surface area contributed by atoms with Crippen LogP contribution in [0, 0.1) is 0 Å². The van der Waals surface area contributed by atoms with Gasteiger partial charge in [0.05, 0.1) is 17.2 Å². The first-order valence-corrected chi connectivity index (χ1v) is 15.7. The standard InChI is InChI=1S/C36H43N3O3/c40-33(37-25-27-38(28-26-37)34(29-17-9-7-10-18-29)30-19-11-8-12-20-30)23-13-5-3-1-2-4-6-16-24-39-35(41)31-21-14-15-22-32(31)36(39)42/h7-12,14-15,17-22,34H,1-6,13,16,23-28H2. The number of imide groups is 1. The van der Waals surface area contributed by atoms with Crippen molar-refractivity contribution < 1.29 is 14.4 Å². The number of fused-ring (bicyclic) bond motifs is 1. The summed E-state index contributed by atoms with van der Waals surface area (Å²) in [6.45, 7) is 3.84. The van der Waals surface area contributed by atoms with Crippen LogP contribution in [0.25, 0.3) is 0 Å². The number of nitrogens with zero attached hydrogens (tertiary/aromatic N) is 3. The van der Waals surface area contributed by atoms with Crippen molar-refractivity contribution in [2.24, 2.45) is 0 Å². The Morgan fingerprint density at radius 2 is 1.02 bits per heavy atom. The molecule has 6 heteroatoms. The first kappa shape index (κ1) is 29.7. The number of amides is 3. The van der Waals surface area contributed by atoms with Crippen molar-refractivity contribution in [3.8, 4) is 0 Å². The Balaban J connectivity index is 0.929. The highest BCUT2D eigenvalue weighted by Crippen LogP contribution is 2.29. The lowest BCUT2D eigenvalue weighted by Gasteiger charge is -2.40. The fourth-order valence-corrected chi connectivity index (χ4v) is 6.32. The van der Waals surface area contributed by atoms with Crippen molar-refractivity contribution >= 4 is 17.7 Å². The molecule has 0 radical (unpaired) electrons. The molecule has 3 amide bonds. The molecule has 42 heavy (non-hydrogen) atoms. The molecule has 2 heterocycles. The molecule has 0 bridgehead atoms. The van der Waals surface area contributed by atoms with E-state index in [4.69, 9.17) is 0 Å². The molecule has 0 spiro atoms. The highest BCUT2D eigenvalue weighted by molar-refractivity contribution is 6.21. The van der Waals surface area contributed by atoms with E-state index in [-0.39, 0.29) is 17.9 Å². The van der Waals surface area contributed by atoms with Gasteiger partial charge in [-0.15, -0.1) is 0 Å². The van der Waals surface area contributed by atoms with Crippen molar-refractivity contribution in [1.82, 2.24) is 14.7 Å². The molecular formula is C36H43N3O3. The molecule has 1 saturated heterocycles. The van der Waals surface area contributed by atoms with Gasteiger partial charge in [0.1, 0.15) is 0 Å². The lowest BCUT2D eigenvalue weighted by Crippen LogP contribution is -2.49. The van der Waals surface area contributed by atoms with Crippen LogP contribution in [0.5, 0.6) is 0 Å². The van der Waals surface area contributed by atoms with Gasteiger partial charge >= 0.3 is 0 Å². The smallest absolute Gasteiger partial charge is 0.261 e. The van der Waals surface area contributed by atoms with E-state index in [2.05, 4.69) is 70.5 Å². The van der Waals surface area contributed by atoms with Crippen LogP contribution in [-0.2, 0) is 4.79 Å². The van der Waals surface area contributed by atoms with Gasteiger partial charge in [-0.05, 0) is 36.1 Å². The van der Waals surface area contributed by atoms with E-state index in [0.717, 1.165) is 71.1 Å². The Morgan fingerprint density at radius 3 is 1.55 bits per heavy atom. The van der Waals surface area contributed by atoms with E-state index in [9.17, 15) is 14.4 Å². The van der Waals surface area contributed by atoms with Crippen LogP contribution < -0.4 is 0 Å². The predicted octanol–water partition coefficient (Wildman–Crippen LogP) is 6.73. The first-order valence-electron chi connectivity index (χ1n) is 15.7. The Morgan fingerprint density at radius 1 is 0.571 bits per heavy atom. The number of hydrogen-bond donors (Lipinski definition) is 0. The second-order valence-electron chi connectivity index (χ2n) is 11.5. The van der Waals surface area contributed by atoms with Gasteiger partial charge in [-0.1, -0.05) is 111 Å². The van der Waals surface area contributed by atoms with E-state index in [1.165, 1.54) is 22.4 Å². The average molecular weight is 566 g/mol. The molecule has 5 rings (SSSR count). The zero-order valence-corrected chi connectivity index (χ0v) is 24.6. The van der Waals surface area contributed by atoms with Crippen molar-refractivity contribution in [2.75, 3.05) is 32.7 Å². The molecule has 1 fully saturated rings. The second-order valence-corrected chi connectivity index (χ2v) is 11.5. The van der Waals surface area contributed by atoms with Crippen molar-refractivity contribution in [3.05, 3.63) is 107 Å². The van der Waals surface area contributed by atoms with Gasteiger partial charge in [-0.25, -0.2) is 0 Å². The Bertz CT molecular complexity index is 1240. The highest BCUT2D eigenvalue weighted by atomic mass is 16.2. The van der Waals surface area contributed by atoms with Gasteiger partial charge in [-0.3, -0.25) is 24.2 Å². The summed E-state index contributed by atoms with van der Waals surface area (Å²) in [7, 11) is 0. The molecule has 3 aromatic carbocycles. The minimum Gasteiger partial charge on any atom is -0.340 e. The molecule has 0 aromatic heterocycles. The third-order valence-corrected chi connectivity index (χ3v) is 8.66. The van der Waals surface area contributed by atoms with Crippen LogP contribution in [-0.4, -0.2) is 65.1 Å². The lowest BCUT2D eigenvalue weighted by molar-refractivity contribution is -0.133. The average Bonchev–Trinajstić information content (AvgIpc) is 3.28. The molecule has 2 aliphatic rings. The topological polar surface area (TPSA) is 60.9 Å². The normalized spacial score (nSPS) is 15.5. The number of carbonyl (C=O) groups is 3. The highest BCUT2D eigenvalue weighted by Gasteiger charge is 2.34. The van der Waals surface area contributed by atoms with Crippen LogP contribution in [0.4, 0.5) is 0 Å². The summed E-state index contributed by atoms with van der Waals surface area (Å²) in [5.74, 6) is -0.0232. The zero-order valence-electron chi connectivity index (χ0n) is 24.6. The van der Waals surface area contributed by atoms with E-state index < -0.39 is 0 Å². The number of benzene rings is 3. The zero-order chi connectivity index (χ0) is 29.1. The predicted molar refractivity (Wildman–Crippen MR) is 166 cm³/mol. The Labute approximate surface area is 250 Å². The van der Waals surface area contributed by atoms with E-state index in [1.54, 1.807) is 24.3 Å². The summed E-state index contributed by atoms with van der Waals surface area (Å²) in [6, 6.07) is 28.6. The van der Waals surface area contributed by atoms with Crippen LogP contribution in [0.3, 0.4) is 0 Å². The molecule has 220 valence electrons. The number of rotatable bonds is 14. The summed E-state index contributed by atoms with van der Waals surface area (Å²) >= 11 is 0. The van der Waals surface area contributed by atoms with Crippen molar-refractivity contribution in [2.45, 2.75) is 63.8 Å². The molecule has 0 unspecified atom stereocenters. The van der Waals surface area contributed by atoms with Crippen LogP contribution in [0.15, 0.2) is 84.9 Å². The van der Waals surface area contributed by atoms with Crippen LogP contribution in [0.2, 0.25) is 0 Å². The molecule has 0 atom stereocenters. The fourth-order valence-electron chi connectivity index (χ4n) is 6.32. The molecule has 0 aliphatic carbocycles. The number of unbranched alkanes of at least 4 members (excludes halogenated alkanes) is 7. The maximum Gasteiger partial charge on any atom is 0.261 e.